The van der Waals surface area contributed by atoms with Gasteiger partial charge in [-0.15, -0.1) is 12.4 Å². The highest BCUT2D eigenvalue weighted by atomic mass is 35.5. The van der Waals surface area contributed by atoms with E-state index < -0.39 is 0 Å². The normalized spacial score (nSPS) is 22.5. The average molecular weight is 319 g/mol. The van der Waals surface area contributed by atoms with E-state index in [4.69, 9.17) is 5.73 Å². The molecule has 6 nitrogen and oxygen atoms in total. The van der Waals surface area contributed by atoms with Gasteiger partial charge in [-0.2, -0.15) is 0 Å². The number of hydrogen-bond acceptors (Lipinski definition) is 3. The second-order valence-corrected chi connectivity index (χ2v) is 5.89. The van der Waals surface area contributed by atoms with Crippen LogP contribution in [0.3, 0.4) is 0 Å². The average Bonchev–Trinajstić information content (AvgIpc) is 2.95. The number of urea groups is 1. The van der Waals surface area contributed by atoms with Crippen LogP contribution in [0, 0.1) is 5.92 Å². The molecule has 1 aliphatic heterocycles. The van der Waals surface area contributed by atoms with Crippen molar-refractivity contribution < 1.29 is 9.59 Å². The molecule has 4 N–H and O–H groups in total. The third-order valence-corrected chi connectivity index (χ3v) is 4.31. The molecule has 1 unspecified atom stereocenters. The van der Waals surface area contributed by atoms with Gasteiger partial charge in [0.15, 0.2) is 0 Å². The lowest BCUT2D eigenvalue weighted by Gasteiger charge is -2.23. The number of likely N-dealkylation sites (tertiary alicyclic amines) is 1. The summed E-state index contributed by atoms with van der Waals surface area (Å²) >= 11 is 0. The first-order valence-corrected chi connectivity index (χ1v) is 7.71. The molecule has 21 heavy (non-hydrogen) atoms. The second kappa shape index (κ2) is 9.10. The molecule has 2 fully saturated rings. The fourth-order valence-corrected chi connectivity index (χ4v) is 3.00. The van der Waals surface area contributed by atoms with E-state index in [2.05, 4.69) is 10.6 Å². The Hall–Kier alpha value is -1.01. The Bertz CT molecular complexity index is 348. The number of nitrogens with two attached hydrogens (primary N) is 1. The number of hydrogen-bond donors (Lipinski definition) is 3. The molecular formula is C14H27ClN4O2. The van der Waals surface area contributed by atoms with Crippen LogP contribution in [0.1, 0.15) is 38.5 Å². The molecular weight excluding hydrogens is 292 g/mol. The lowest BCUT2D eigenvalue weighted by Crippen LogP contribution is -2.46. The summed E-state index contributed by atoms with van der Waals surface area (Å²) in [7, 11) is 0. The molecule has 7 heteroatoms. The van der Waals surface area contributed by atoms with E-state index in [0.29, 0.717) is 12.5 Å². The van der Waals surface area contributed by atoms with Gasteiger partial charge < -0.3 is 21.3 Å². The molecule has 3 amide bonds. The quantitative estimate of drug-likeness (QED) is 0.718. The molecule has 0 spiro atoms. The number of nitrogens with zero attached hydrogens (tertiary/aromatic N) is 1. The van der Waals surface area contributed by atoms with Gasteiger partial charge in [0.05, 0.1) is 6.54 Å². The van der Waals surface area contributed by atoms with E-state index in [-0.39, 0.29) is 36.9 Å². The van der Waals surface area contributed by atoms with E-state index >= 15 is 0 Å². The first-order chi connectivity index (χ1) is 9.69. The van der Waals surface area contributed by atoms with Gasteiger partial charge in [-0.25, -0.2) is 4.79 Å². The Labute approximate surface area is 132 Å². The van der Waals surface area contributed by atoms with Gasteiger partial charge in [0.25, 0.3) is 0 Å². The van der Waals surface area contributed by atoms with Crippen molar-refractivity contribution in [2.45, 2.75) is 44.6 Å². The molecule has 0 radical (unpaired) electrons. The van der Waals surface area contributed by atoms with Crippen LogP contribution < -0.4 is 16.4 Å². The summed E-state index contributed by atoms with van der Waals surface area (Å²) in [6, 6.07) is 0.0482. The molecule has 1 saturated heterocycles. The van der Waals surface area contributed by atoms with Crippen LogP contribution in [0.25, 0.3) is 0 Å². The molecule has 1 heterocycles. The largest absolute Gasteiger partial charge is 0.341 e. The first-order valence-electron chi connectivity index (χ1n) is 7.71. The number of carbonyl (C=O) groups excluding carboxylic acids is 2. The Morgan fingerprint density at radius 1 is 1.14 bits per heavy atom. The molecule has 1 aliphatic carbocycles. The number of nitrogens with one attached hydrogen (secondary N) is 2. The van der Waals surface area contributed by atoms with Crippen molar-refractivity contribution in [2.75, 3.05) is 26.2 Å². The Balaban J connectivity index is 0.00000220. The summed E-state index contributed by atoms with van der Waals surface area (Å²) in [4.78, 5) is 25.5. The van der Waals surface area contributed by atoms with E-state index in [1.165, 1.54) is 19.3 Å². The number of carbonyl (C=O) groups is 2. The highest BCUT2D eigenvalue weighted by Gasteiger charge is 2.25. The molecule has 1 saturated carbocycles. The number of halogens is 1. The zero-order chi connectivity index (χ0) is 14.4. The maximum absolute atomic E-state index is 11.9. The lowest BCUT2D eigenvalue weighted by atomic mass is 9.96. The minimum Gasteiger partial charge on any atom is -0.341 e. The van der Waals surface area contributed by atoms with Crippen molar-refractivity contribution in [2.24, 2.45) is 11.7 Å². The molecule has 0 aromatic rings. The highest BCUT2D eigenvalue weighted by molar-refractivity contribution is 5.85. The monoisotopic (exact) mass is 318 g/mol. The van der Waals surface area contributed by atoms with Gasteiger partial charge in [0, 0.05) is 19.1 Å². The van der Waals surface area contributed by atoms with Crippen LogP contribution in [0.5, 0.6) is 0 Å². The van der Waals surface area contributed by atoms with Crippen LogP contribution in [-0.4, -0.2) is 49.1 Å². The van der Waals surface area contributed by atoms with Gasteiger partial charge in [-0.05, 0) is 31.7 Å². The summed E-state index contributed by atoms with van der Waals surface area (Å²) in [5, 5.41) is 5.61. The van der Waals surface area contributed by atoms with Gasteiger partial charge in [0.1, 0.15) is 0 Å². The van der Waals surface area contributed by atoms with Crippen molar-refractivity contribution in [3.05, 3.63) is 0 Å². The lowest BCUT2D eigenvalue weighted by molar-refractivity contribution is -0.129. The van der Waals surface area contributed by atoms with Crippen molar-refractivity contribution in [3.8, 4) is 0 Å². The standard InChI is InChI=1S/C14H26N4O2.ClH/c15-8-11-6-7-18(10-11)13(19)9-16-14(20)17-12-4-2-1-3-5-12;/h11-12H,1-10,15H2,(H2,16,17,20);1H. The fourth-order valence-electron chi connectivity index (χ4n) is 3.00. The Morgan fingerprint density at radius 2 is 1.86 bits per heavy atom. The SMILES string of the molecule is Cl.NCC1CCN(C(=O)CNC(=O)NC2CCCCC2)C1. The van der Waals surface area contributed by atoms with Gasteiger partial charge in [-0.3, -0.25) is 4.79 Å². The summed E-state index contributed by atoms with van der Waals surface area (Å²) in [6.07, 6.45) is 6.68. The van der Waals surface area contributed by atoms with Crippen molar-refractivity contribution in [3.63, 3.8) is 0 Å². The predicted molar refractivity (Wildman–Crippen MR) is 84.4 cm³/mol. The zero-order valence-electron chi connectivity index (χ0n) is 12.5. The highest BCUT2D eigenvalue weighted by Crippen LogP contribution is 2.17. The minimum atomic E-state index is -0.222. The first kappa shape index (κ1) is 18.0. The molecule has 2 aliphatic rings. The van der Waals surface area contributed by atoms with E-state index in [9.17, 15) is 9.59 Å². The van der Waals surface area contributed by atoms with Crippen molar-refractivity contribution in [1.82, 2.24) is 15.5 Å². The number of rotatable bonds is 4. The third kappa shape index (κ3) is 5.71. The fraction of sp³-hybridized carbons (Fsp3) is 0.857. The van der Waals surface area contributed by atoms with Crippen LogP contribution in [0.2, 0.25) is 0 Å². The smallest absolute Gasteiger partial charge is 0.315 e. The molecule has 0 aromatic carbocycles. The van der Waals surface area contributed by atoms with Crippen LogP contribution in [-0.2, 0) is 4.79 Å². The van der Waals surface area contributed by atoms with Crippen LogP contribution in [0.4, 0.5) is 4.79 Å². The Morgan fingerprint density at radius 3 is 2.48 bits per heavy atom. The predicted octanol–water partition coefficient (Wildman–Crippen LogP) is 0.847. The second-order valence-electron chi connectivity index (χ2n) is 5.89. The summed E-state index contributed by atoms with van der Waals surface area (Å²) in [5.41, 5.74) is 5.60. The Kier molecular flexibility index (Phi) is 7.82. The van der Waals surface area contributed by atoms with Crippen LogP contribution >= 0.6 is 12.4 Å². The van der Waals surface area contributed by atoms with Crippen molar-refractivity contribution in [1.29, 1.82) is 0 Å². The van der Waals surface area contributed by atoms with Crippen LogP contribution in [0.15, 0.2) is 0 Å². The maximum atomic E-state index is 11.9. The van der Waals surface area contributed by atoms with E-state index in [1.54, 1.807) is 4.90 Å². The molecule has 2 rings (SSSR count). The van der Waals surface area contributed by atoms with Crippen molar-refractivity contribution >= 4 is 24.3 Å². The zero-order valence-corrected chi connectivity index (χ0v) is 13.3. The third-order valence-electron chi connectivity index (χ3n) is 4.31. The van der Waals surface area contributed by atoms with E-state index in [0.717, 1.165) is 32.4 Å². The van der Waals surface area contributed by atoms with Gasteiger partial charge >= 0.3 is 6.03 Å². The molecule has 0 bridgehead atoms. The summed E-state index contributed by atoms with van der Waals surface area (Å²) in [6.45, 7) is 2.18. The van der Waals surface area contributed by atoms with E-state index in [1.807, 2.05) is 0 Å². The van der Waals surface area contributed by atoms with Gasteiger partial charge in [-0.1, -0.05) is 19.3 Å². The minimum absolute atomic E-state index is 0. The molecule has 122 valence electrons. The number of amides is 3. The molecule has 0 aromatic heterocycles. The topological polar surface area (TPSA) is 87.5 Å². The summed E-state index contributed by atoms with van der Waals surface area (Å²) < 4.78 is 0. The maximum Gasteiger partial charge on any atom is 0.315 e. The van der Waals surface area contributed by atoms with Gasteiger partial charge in [0.2, 0.25) is 5.91 Å². The molecule has 1 atom stereocenters. The summed E-state index contributed by atoms with van der Waals surface area (Å²) in [5.74, 6) is 0.398.